The van der Waals surface area contributed by atoms with Crippen LogP contribution in [0.3, 0.4) is 0 Å². The summed E-state index contributed by atoms with van der Waals surface area (Å²) in [7, 11) is 0. The molecule has 9 nitrogen and oxygen atoms in total. The number of benzene rings is 1. The molecule has 0 saturated heterocycles. The zero-order valence-electron chi connectivity index (χ0n) is 14.2. The van der Waals surface area contributed by atoms with E-state index in [0.29, 0.717) is 28.9 Å². The monoisotopic (exact) mass is 362 g/mol. The lowest BCUT2D eigenvalue weighted by Crippen LogP contribution is -2.11. The summed E-state index contributed by atoms with van der Waals surface area (Å²) in [6, 6.07) is 11.9. The molecule has 0 spiro atoms. The van der Waals surface area contributed by atoms with E-state index in [9.17, 15) is 4.79 Å². The van der Waals surface area contributed by atoms with Crippen molar-refractivity contribution in [1.82, 2.24) is 24.9 Å². The second-order valence-electron chi connectivity index (χ2n) is 5.57. The van der Waals surface area contributed by atoms with E-state index in [-0.39, 0.29) is 11.6 Å². The highest BCUT2D eigenvalue weighted by Gasteiger charge is 2.11. The molecule has 0 saturated carbocycles. The Morgan fingerprint density at radius 1 is 1.19 bits per heavy atom. The summed E-state index contributed by atoms with van der Waals surface area (Å²) in [5.74, 6) is 1.76. The Morgan fingerprint density at radius 3 is 2.74 bits per heavy atom. The quantitative estimate of drug-likeness (QED) is 0.581. The molecule has 0 bridgehead atoms. The summed E-state index contributed by atoms with van der Waals surface area (Å²) >= 11 is 0. The largest absolute Gasteiger partial charge is 0.439 e. The van der Waals surface area contributed by atoms with Crippen molar-refractivity contribution in [3.8, 4) is 17.4 Å². The lowest BCUT2D eigenvalue weighted by Gasteiger charge is -2.07. The molecule has 0 aliphatic carbocycles. The van der Waals surface area contributed by atoms with Gasteiger partial charge in [0.05, 0.1) is 0 Å². The first kappa shape index (κ1) is 16.5. The molecule has 1 aromatic carbocycles. The minimum Gasteiger partial charge on any atom is -0.439 e. The van der Waals surface area contributed by atoms with E-state index < -0.39 is 0 Å². The van der Waals surface area contributed by atoms with Gasteiger partial charge in [-0.25, -0.2) is 14.6 Å². The Morgan fingerprint density at radius 2 is 2.04 bits per heavy atom. The van der Waals surface area contributed by atoms with Gasteiger partial charge in [-0.15, -0.1) is 0 Å². The van der Waals surface area contributed by atoms with E-state index in [2.05, 4.69) is 25.5 Å². The summed E-state index contributed by atoms with van der Waals surface area (Å²) in [4.78, 5) is 20.3. The molecule has 0 fully saturated rings. The highest BCUT2D eigenvalue weighted by molar-refractivity contribution is 6.02. The van der Waals surface area contributed by atoms with Crippen LogP contribution in [0.15, 0.2) is 65.7 Å². The number of carbonyl (C=O) groups is 1. The van der Waals surface area contributed by atoms with Crippen LogP contribution in [0.25, 0.3) is 5.82 Å². The summed E-state index contributed by atoms with van der Waals surface area (Å²) in [6.45, 7) is 1.72. The number of nitrogens with zero attached hydrogens (tertiary/aromatic N) is 5. The maximum atomic E-state index is 12.1. The maximum Gasteiger partial charge on any atom is 0.277 e. The number of amides is 1. The Balaban J connectivity index is 1.44. The van der Waals surface area contributed by atoms with Crippen molar-refractivity contribution >= 4 is 11.6 Å². The number of ether oxygens (including phenoxy) is 1. The average Bonchev–Trinajstić information content (AvgIpc) is 3.35. The van der Waals surface area contributed by atoms with Gasteiger partial charge in [0.2, 0.25) is 5.88 Å². The van der Waals surface area contributed by atoms with Gasteiger partial charge in [-0.1, -0.05) is 5.16 Å². The van der Waals surface area contributed by atoms with Crippen molar-refractivity contribution < 1.29 is 14.1 Å². The third kappa shape index (κ3) is 3.82. The second-order valence-corrected chi connectivity index (χ2v) is 5.57. The van der Waals surface area contributed by atoms with Crippen molar-refractivity contribution in [3.63, 3.8) is 0 Å². The minimum absolute atomic E-state index is 0.222. The van der Waals surface area contributed by atoms with Crippen molar-refractivity contribution in [2.45, 2.75) is 6.92 Å². The van der Waals surface area contributed by atoms with E-state index in [1.54, 1.807) is 66.5 Å². The van der Waals surface area contributed by atoms with E-state index in [4.69, 9.17) is 9.26 Å². The predicted molar refractivity (Wildman–Crippen MR) is 94.9 cm³/mol. The van der Waals surface area contributed by atoms with Crippen LogP contribution in [0, 0.1) is 6.92 Å². The Bertz CT molecular complexity index is 1060. The molecule has 0 radical (unpaired) electrons. The molecule has 27 heavy (non-hydrogen) atoms. The SMILES string of the molecule is Cc1cc(C(=O)Nc2ccc(Oc3cc(-n4cccn4)ncn3)cc2)no1. The second kappa shape index (κ2) is 7.08. The van der Waals surface area contributed by atoms with Gasteiger partial charge >= 0.3 is 0 Å². The zero-order valence-corrected chi connectivity index (χ0v) is 14.2. The van der Waals surface area contributed by atoms with Crippen LogP contribution in [-0.4, -0.2) is 30.8 Å². The first-order valence-corrected chi connectivity index (χ1v) is 8.02. The molecule has 3 heterocycles. The van der Waals surface area contributed by atoms with Gasteiger partial charge in [0.1, 0.15) is 17.8 Å². The number of rotatable bonds is 5. The normalized spacial score (nSPS) is 10.6. The highest BCUT2D eigenvalue weighted by atomic mass is 16.5. The van der Waals surface area contributed by atoms with Crippen molar-refractivity contribution in [3.05, 3.63) is 72.6 Å². The molecule has 1 amide bonds. The minimum atomic E-state index is -0.347. The fraction of sp³-hybridized carbons (Fsp3) is 0.0556. The summed E-state index contributed by atoms with van der Waals surface area (Å²) < 4.78 is 12.2. The molecular weight excluding hydrogens is 348 g/mol. The number of anilines is 1. The van der Waals surface area contributed by atoms with Gasteiger partial charge in [0.25, 0.3) is 5.91 Å². The van der Waals surface area contributed by atoms with E-state index in [1.165, 1.54) is 6.33 Å². The molecular formula is C18H14N6O3. The number of aryl methyl sites for hydroxylation is 1. The third-order valence-corrected chi connectivity index (χ3v) is 3.56. The Hall–Kier alpha value is -4.01. The van der Waals surface area contributed by atoms with Gasteiger partial charge in [-0.05, 0) is 37.3 Å². The van der Waals surface area contributed by atoms with E-state index in [1.807, 2.05) is 0 Å². The van der Waals surface area contributed by atoms with Crippen molar-refractivity contribution in [2.75, 3.05) is 5.32 Å². The van der Waals surface area contributed by atoms with Crippen LogP contribution < -0.4 is 10.1 Å². The van der Waals surface area contributed by atoms with Gasteiger partial charge in [0, 0.05) is 30.2 Å². The van der Waals surface area contributed by atoms with Crippen LogP contribution in [0.5, 0.6) is 11.6 Å². The van der Waals surface area contributed by atoms with Gasteiger partial charge in [-0.3, -0.25) is 4.79 Å². The summed E-state index contributed by atoms with van der Waals surface area (Å²) in [5.41, 5.74) is 0.827. The number of hydrogen-bond donors (Lipinski definition) is 1. The van der Waals surface area contributed by atoms with Crippen LogP contribution in [0.2, 0.25) is 0 Å². The lowest BCUT2D eigenvalue weighted by molar-refractivity contribution is 0.101. The fourth-order valence-electron chi connectivity index (χ4n) is 2.31. The first-order chi connectivity index (χ1) is 13.2. The van der Waals surface area contributed by atoms with Gasteiger partial charge < -0.3 is 14.6 Å². The standard InChI is InChI=1S/C18H14N6O3/c1-12-9-15(23-27-12)18(25)22-13-3-5-14(6-4-13)26-17-10-16(19-11-20-17)24-8-2-7-21-24/h2-11H,1H3,(H,22,25). The van der Waals surface area contributed by atoms with Crippen molar-refractivity contribution in [2.24, 2.45) is 0 Å². The molecule has 134 valence electrons. The lowest BCUT2D eigenvalue weighted by atomic mass is 10.3. The third-order valence-electron chi connectivity index (χ3n) is 3.56. The smallest absolute Gasteiger partial charge is 0.277 e. The number of carbonyl (C=O) groups excluding carboxylic acids is 1. The molecule has 9 heteroatoms. The average molecular weight is 362 g/mol. The molecule has 4 rings (SSSR count). The first-order valence-electron chi connectivity index (χ1n) is 8.02. The summed E-state index contributed by atoms with van der Waals surface area (Å²) in [5, 5.41) is 10.5. The topological polar surface area (TPSA) is 108 Å². The van der Waals surface area contributed by atoms with Crippen LogP contribution in [-0.2, 0) is 0 Å². The Labute approximate surface area is 153 Å². The van der Waals surface area contributed by atoms with E-state index in [0.717, 1.165) is 0 Å². The molecule has 4 aromatic rings. The molecule has 0 aliphatic heterocycles. The van der Waals surface area contributed by atoms with Crippen LogP contribution in [0.4, 0.5) is 5.69 Å². The number of aromatic nitrogens is 5. The zero-order chi connectivity index (χ0) is 18.6. The molecule has 0 aliphatic rings. The summed E-state index contributed by atoms with van der Waals surface area (Å²) in [6.07, 6.45) is 4.84. The molecule has 0 atom stereocenters. The number of hydrogen-bond acceptors (Lipinski definition) is 7. The molecule has 0 unspecified atom stereocenters. The number of nitrogens with one attached hydrogen (secondary N) is 1. The van der Waals surface area contributed by atoms with Crippen LogP contribution in [0.1, 0.15) is 16.2 Å². The van der Waals surface area contributed by atoms with E-state index >= 15 is 0 Å². The van der Waals surface area contributed by atoms with Crippen molar-refractivity contribution in [1.29, 1.82) is 0 Å². The highest BCUT2D eigenvalue weighted by Crippen LogP contribution is 2.22. The maximum absolute atomic E-state index is 12.1. The molecule has 3 aromatic heterocycles. The Kier molecular flexibility index (Phi) is 4.32. The predicted octanol–water partition coefficient (Wildman–Crippen LogP) is 3.00. The van der Waals surface area contributed by atoms with Crippen LogP contribution >= 0.6 is 0 Å². The van der Waals surface area contributed by atoms with Gasteiger partial charge in [-0.2, -0.15) is 5.10 Å². The fourth-order valence-corrected chi connectivity index (χ4v) is 2.31. The molecule has 1 N–H and O–H groups in total. The van der Waals surface area contributed by atoms with Gasteiger partial charge in [0.15, 0.2) is 11.5 Å².